The van der Waals surface area contributed by atoms with Crippen LogP contribution in [0, 0.1) is 0 Å². The van der Waals surface area contributed by atoms with Crippen molar-refractivity contribution >= 4 is 17.8 Å². The Bertz CT molecular complexity index is 1090. The topological polar surface area (TPSA) is 156 Å². The van der Waals surface area contributed by atoms with E-state index in [9.17, 15) is 14.4 Å². The first-order chi connectivity index (χ1) is 28.1. The summed E-state index contributed by atoms with van der Waals surface area (Å²) in [4.78, 5) is 37.7. The molecule has 328 valence electrons. The average molecular weight is 814 g/mol. The van der Waals surface area contributed by atoms with E-state index < -0.39 is 0 Å². The van der Waals surface area contributed by atoms with Crippen LogP contribution in [0.4, 0.5) is 0 Å². The summed E-state index contributed by atoms with van der Waals surface area (Å²) in [6.45, 7) is 11.6. The van der Waals surface area contributed by atoms with Crippen LogP contribution in [0.2, 0.25) is 0 Å². The van der Waals surface area contributed by atoms with Crippen molar-refractivity contribution in [1.82, 2.24) is 4.90 Å². The smallest absolute Gasteiger partial charge is 0.305 e. The molecule has 0 atom stereocenters. The number of nitrogens with zero attached hydrogens (tertiary/aromatic N) is 1. The van der Waals surface area contributed by atoms with Crippen molar-refractivity contribution in [2.24, 2.45) is 0 Å². The van der Waals surface area contributed by atoms with E-state index in [-0.39, 0.29) is 37.5 Å². The first-order valence-electron chi connectivity index (χ1n) is 21.0. The minimum absolute atomic E-state index is 0.143. The number of amides is 2. The summed E-state index contributed by atoms with van der Waals surface area (Å²) in [6.07, 6.45) is 11.5. The molecule has 0 spiro atoms. The lowest BCUT2D eigenvalue weighted by Gasteiger charge is -2.13. The van der Waals surface area contributed by atoms with Gasteiger partial charge in [0.15, 0.2) is 0 Å². The summed E-state index contributed by atoms with van der Waals surface area (Å²) in [7, 11) is 0. The van der Waals surface area contributed by atoms with Crippen molar-refractivity contribution < 1.29 is 66.5 Å². The van der Waals surface area contributed by atoms with Crippen LogP contribution >= 0.6 is 0 Å². The number of benzene rings is 1. The molecular weight excluding hydrogens is 742 g/mol. The molecule has 57 heavy (non-hydrogen) atoms. The Hall–Kier alpha value is -2.57. The molecular formula is C42H71NO14. The molecule has 1 aromatic rings. The molecule has 2 rings (SSSR count). The molecule has 15 nitrogen and oxygen atoms in total. The molecule has 0 unspecified atom stereocenters. The highest BCUT2D eigenvalue weighted by Gasteiger charge is 2.34. The number of imide groups is 1. The third-order valence-electron chi connectivity index (χ3n) is 8.66. The maximum atomic E-state index is 12.3. The van der Waals surface area contributed by atoms with Gasteiger partial charge in [0.1, 0.15) is 6.61 Å². The zero-order valence-corrected chi connectivity index (χ0v) is 34.6. The Morgan fingerprint density at radius 1 is 0.421 bits per heavy atom. The van der Waals surface area contributed by atoms with Gasteiger partial charge < -0.3 is 52.1 Å². The zero-order valence-electron chi connectivity index (χ0n) is 34.6. The van der Waals surface area contributed by atoms with Crippen LogP contribution in [0.3, 0.4) is 0 Å². The van der Waals surface area contributed by atoms with Crippen LogP contribution in [0.25, 0.3) is 0 Å². The van der Waals surface area contributed by atoms with Crippen molar-refractivity contribution in [3.63, 3.8) is 0 Å². The van der Waals surface area contributed by atoms with Gasteiger partial charge in [0.25, 0.3) is 11.8 Å². The van der Waals surface area contributed by atoms with E-state index in [1.165, 1.54) is 49.8 Å². The lowest BCUT2D eigenvalue weighted by atomic mass is 10.1. The molecule has 1 aliphatic rings. The van der Waals surface area contributed by atoms with Gasteiger partial charge in [-0.05, 0) is 18.6 Å². The molecule has 0 aliphatic carbocycles. The highest BCUT2D eigenvalue weighted by Crippen LogP contribution is 2.21. The molecule has 1 aliphatic heterocycles. The third kappa shape index (κ3) is 27.7. The van der Waals surface area contributed by atoms with Gasteiger partial charge in [-0.15, -0.1) is 0 Å². The molecule has 1 aromatic carbocycles. The Kier molecular flexibility index (Phi) is 33.4. The van der Waals surface area contributed by atoms with Gasteiger partial charge >= 0.3 is 5.97 Å². The number of unbranched alkanes of at least 4 members (excludes halogenated alkanes) is 8. The van der Waals surface area contributed by atoms with E-state index in [0.29, 0.717) is 143 Å². The molecule has 2 amide bonds. The van der Waals surface area contributed by atoms with Crippen molar-refractivity contribution in [2.75, 3.05) is 145 Å². The minimum atomic E-state index is -0.280. The fourth-order valence-electron chi connectivity index (χ4n) is 5.55. The maximum absolute atomic E-state index is 12.3. The van der Waals surface area contributed by atoms with Crippen LogP contribution in [0.1, 0.15) is 91.8 Å². The van der Waals surface area contributed by atoms with Crippen LogP contribution in [-0.4, -0.2) is 168 Å². The summed E-state index contributed by atoms with van der Waals surface area (Å²) in [5.41, 5.74) is 0.879. The SMILES string of the molecule is CCCCCCCCCCCC(=O)OCCOCCOCCOCCOCCOCCOCCOCCOCCOCCOCCN1C(=O)c2ccccc2C1=O. The zero-order chi connectivity index (χ0) is 40.7. The van der Waals surface area contributed by atoms with Gasteiger partial charge in [0, 0.05) is 6.42 Å². The molecule has 0 radical (unpaired) electrons. The molecule has 0 N–H and O–H groups in total. The highest BCUT2D eigenvalue weighted by atomic mass is 16.6. The number of ether oxygens (including phenoxy) is 11. The highest BCUT2D eigenvalue weighted by molar-refractivity contribution is 6.21. The first-order valence-corrected chi connectivity index (χ1v) is 21.0. The standard InChI is InChI=1S/C42H71NO14/c1-2-3-4-5-6-7-8-9-10-15-40(44)57-37-36-56-35-34-55-33-32-54-31-30-53-29-28-52-27-26-51-25-24-50-23-22-49-21-20-48-19-18-47-17-16-43-41(45)38-13-11-12-14-39(38)42(43)46/h11-14H,2-10,15-37H2,1H3. The second-order valence-electron chi connectivity index (χ2n) is 13.2. The predicted octanol–water partition coefficient (Wildman–Crippen LogP) is 4.91. The van der Waals surface area contributed by atoms with Crippen molar-refractivity contribution in [3.8, 4) is 0 Å². The van der Waals surface area contributed by atoms with Crippen LogP contribution in [-0.2, 0) is 56.9 Å². The Balaban J connectivity index is 1.16. The average Bonchev–Trinajstić information content (AvgIpc) is 3.46. The molecule has 0 saturated heterocycles. The summed E-state index contributed by atoms with van der Waals surface area (Å²) >= 11 is 0. The van der Waals surface area contributed by atoms with Crippen LogP contribution in [0.15, 0.2) is 24.3 Å². The predicted molar refractivity (Wildman–Crippen MR) is 213 cm³/mol. The quantitative estimate of drug-likeness (QED) is 0.0498. The van der Waals surface area contributed by atoms with Crippen molar-refractivity contribution in [3.05, 3.63) is 35.4 Å². The van der Waals surface area contributed by atoms with Gasteiger partial charge in [-0.2, -0.15) is 0 Å². The molecule has 1 heterocycles. The Morgan fingerprint density at radius 2 is 0.719 bits per heavy atom. The molecule has 15 heteroatoms. The van der Waals surface area contributed by atoms with Gasteiger partial charge in [0.05, 0.1) is 150 Å². The first kappa shape index (κ1) is 50.6. The second-order valence-corrected chi connectivity index (χ2v) is 13.2. The van der Waals surface area contributed by atoms with Crippen molar-refractivity contribution in [1.29, 1.82) is 0 Å². The summed E-state index contributed by atoms with van der Waals surface area (Å²) in [6, 6.07) is 6.82. The minimum Gasteiger partial charge on any atom is -0.463 e. The lowest BCUT2D eigenvalue weighted by Crippen LogP contribution is -2.33. The number of carbonyl (C=O) groups excluding carboxylic acids is 3. The van der Waals surface area contributed by atoms with E-state index >= 15 is 0 Å². The third-order valence-corrected chi connectivity index (χ3v) is 8.66. The van der Waals surface area contributed by atoms with E-state index in [4.69, 9.17) is 52.1 Å². The number of carbonyl (C=O) groups is 3. The van der Waals surface area contributed by atoms with E-state index in [1.807, 2.05) is 0 Å². The van der Waals surface area contributed by atoms with E-state index in [2.05, 4.69) is 6.92 Å². The monoisotopic (exact) mass is 813 g/mol. The summed E-state index contributed by atoms with van der Waals surface area (Å²) in [5, 5.41) is 0. The largest absolute Gasteiger partial charge is 0.463 e. The van der Waals surface area contributed by atoms with Gasteiger partial charge in [0.2, 0.25) is 0 Å². The van der Waals surface area contributed by atoms with E-state index in [1.54, 1.807) is 24.3 Å². The number of fused-ring (bicyclic) bond motifs is 1. The van der Waals surface area contributed by atoms with E-state index in [0.717, 1.165) is 12.8 Å². The fourth-order valence-corrected chi connectivity index (χ4v) is 5.55. The van der Waals surface area contributed by atoms with Crippen LogP contribution < -0.4 is 0 Å². The van der Waals surface area contributed by atoms with Gasteiger partial charge in [-0.25, -0.2) is 0 Å². The number of hydrogen-bond acceptors (Lipinski definition) is 14. The molecule has 0 saturated carbocycles. The molecule has 0 aromatic heterocycles. The van der Waals surface area contributed by atoms with Gasteiger partial charge in [-0.1, -0.05) is 70.4 Å². The molecule has 0 bridgehead atoms. The van der Waals surface area contributed by atoms with Crippen LogP contribution in [0.5, 0.6) is 0 Å². The maximum Gasteiger partial charge on any atom is 0.305 e. The Labute approximate surface area is 340 Å². The number of hydrogen-bond donors (Lipinski definition) is 0. The molecule has 0 fully saturated rings. The summed E-state index contributed by atoms with van der Waals surface area (Å²) < 4.78 is 60.1. The normalized spacial score (nSPS) is 12.5. The lowest BCUT2D eigenvalue weighted by molar-refractivity contribution is -0.145. The van der Waals surface area contributed by atoms with Crippen molar-refractivity contribution in [2.45, 2.75) is 71.1 Å². The number of rotatable bonds is 43. The number of esters is 1. The fraction of sp³-hybridized carbons (Fsp3) is 0.786. The second kappa shape index (κ2) is 37.7. The summed E-state index contributed by atoms with van der Waals surface area (Å²) in [5.74, 6) is -0.703. The van der Waals surface area contributed by atoms with Gasteiger partial charge in [-0.3, -0.25) is 19.3 Å². The Morgan fingerprint density at radius 3 is 1.07 bits per heavy atom.